The van der Waals surface area contributed by atoms with Gasteiger partial charge in [-0.25, -0.2) is 0 Å². The second-order valence-electron chi connectivity index (χ2n) is 4.37. The van der Waals surface area contributed by atoms with Gasteiger partial charge in [0.1, 0.15) is 12.3 Å². The lowest BCUT2D eigenvalue weighted by molar-refractivity contribution is -0.00750. The number of ether oxygens (including phenoxy) is 1. The predicted octanol–water partition coefficient (Wildman–Crippen LogP) is 2.14. The lowest BCUT2D eigenvalue weighted by atomic mass is 10.1. The highest BCUT2D eigenvalue weighted by atomic mass is 16.6. The van der Waals surface area contributed by atoms with Gasteiger partial charge in [0.05, 0.1) is 17.6 Å². The minimum Gasteiger partial charge on any atom is -0.461 e. The third-order valence-corrected chi connectivity index (χ3v) is 2.84. The van der Waals surface area contributed by atoms with Crippen molar-refractivity contribution in [2.24, 2.45) is 4.99 Å². The molecule has 0 bridgehead atoms. The number of nitrogens with zero attached hydrogens (tertiary/aromatic N) is 3. The molecular weight excluding hydrogens is 280 g/mol. The van der Waals surface area contributed by atoms with E-state index in [0.717, 1.165) is 16.9 Å². The Morgan fingerprint density at radius 3 is 3.00 bits per heavy atom. The molecule has 0 aliphatic heterocycles. The number of aliphatic hydroxyl groups excluding tert-OH is 1. The van der Waals surface area contributed by atoms with Crippen LogP contribution in [0.1, 0.15) is 0 Å². The molecule has 22 heavy (non-hydrogen) atoms. The van der Waals surface area contributed by atoms with Crippen LogP contribution >= 0.6 is 0 Å². The molecule has 2 rings (SSSR count). The van der Waals surface area contributed by atoms with Gasteiger partial charge in [0.2, 0.25) is 6.29 Å². The molecule has 6 heteroatoms. The van der Waals surface area contributed by atoms with E-state index in [1.807, 2.05) is 12.1 Å². The highest BCUT2D eigenvalue weighted by Gasteiger charge is 2.10. The fraction of sp³-hybridized carbons (Fsp3) is 0.188. The monoisotopic (exact) mass is 298 g/mol. The Bertz CT molecular complexity index is 644. The van der Waals surface area contributed by atoms with Crippen LogP contribution in [0.2, 0.25) is 0 Å². The van der Waals surface area contributed by atoms with Gasteiger partial charge in [-0.15, -0.1) is 0 Å². The summed E-state index contributed by atoms with van der Waals surface area (Å²) < 4.78 is 5.48. The maximum Gasteiger partial charge on any atom is 0.217 e. The number of hydrogen-bond acceptors (Lipinski definition) is 6. The summed E-state index contributed by atoms with van der Waals surface area (Å²) in [5.41, 5.74) is 2.42. The molecule has 2 aromatic rings. The van der Waals surface area contributed by atoms with E-state index >= 15 is 0 Å². The van der Waals surface area contributed by atoms with Crippen LogP contribution < -0.4 is 10.1 Å². The number of allylic oxidation sites excluding steroid dienone is 1. The van der Waals surface area contributed by atoms with E-state index in [9.17, 15) is 5.11 Å². The van der Waals surface area contributed by atoms with Crippen molar-refractivity contribution >= 4 is 11.9 Å². The van der Waals surface area contributed by atoms with Crippen LogP contribution in [0.4, 0.5) is 5.69 Å². The summed E-state index contributed by atoms with van der Waals surface area (Å²) in [4.78, 5) is 12.3. The molecular formula is C16H18N4O2. The summed E-state index contributed by atoms with van der Waals surface area (Å²) in [5, 5.41) is 12.9. The Morgan fingerprint density at radius 2 is 2.32 bits per heavy atom. The van der Waals surface area contributed by atoms with E-state index < -0.39 is 6.29 Å². The zero-order chi connectivity index (χ0) is 15.8. The topological polar surface area (TPSA) is 79.6 Å². The van der Waals surface area contributed by atoms with Crippen molar-refractivity contribution in [1.29, 1.82) is 0 Å². The van der Waals surface area contributed by atoms with E-state index in [2.05, 4.69) is 26.9 Å². The summed E-state index contributed by atoms with van der Waals surface area (Å²) in [6, 6.07) is 5.52. The lowest BCUT2D eigenvalue weighted by Gasteiger charge is -2.15. The number of aliphatic hydroxyl groups is 1. The SMILES string of the molecule is C=CC=NCC(O)Oc1ccc(-c2cnccn2)cc1NC. The fourth-order valence-electron chi connectivity index (χ4n) is 1.85. The van der Waals surface area contributed by atoms with Gasteiger partial charge in [-0.05, 0) is 18.2 Å². The zero-order valence-corrected chi connectivity index (χ0v) is 12.3. The molecule has 0 radical (unpaired) electrons. The summed E-state index contributed by atoms with van der Waals surface area (Å²) in [6.07, 6.45) is 6.99. The van der Waals surface area contributed by atoms with Crippen LogP contribution in [0.25, 0.3) is 11.3 Å². The van der Waals surface area contributed by atoms with Crippen molar-refractivity contribution in [3.05, 3.63) is 49.4 Å². The van der Waals surface area contributed by atoms with Gasteiger partial charge in [0.25, 0.3) is 0 Å². The normalized spacial score (nSPS) is 12.1. The number of benzene rings is 1. The summed E-state index contributed by atoms with van der Waals surface area (Å²) in [6.45, 7) is 3.65. The molecule has 1 aromatic heterocycles. The molecule has 0 saturated carbocycles. The van der Waals surface area contributed by atoms with Gasteiger partial charge >= 0.3 is 0 Å². The molecule has 1 aromatic carbocycles. The quantitative estimate of drug-likeness (QED) is 0.605. The van der Waals surface area contributed by atoms with Crippen molar-refractivity contribution in [2.75, 3.05) is 18.9 Å². The Balaban J connectivity index is 2.16. The molecule has 114 valence electrons. The standard InChI is InChI=1S/C16H18N4O2/c1-3-6-18-11-16(21)22-15-5-4-12(9-13(15)17-2)14-10-19-7-8-20-14/h3-10,16-17,21H,1,11H2,2H3. The van der Waals surface area contributed by atoms with Crippen LogP contribution in [0, 0.1) is 0 Å². The third kappa shape index (κ3) is 4.13. The molecule has 0 aliphatic rings. The maximum atomic E-state index is 9.82. The van der Waals surface area contributed by atoms with Crippen molar-refractivity contribution < 1.29 is 9.84 Å². The first-order chi connectivity index (χ1) is 10.7. The van der Waals surface area contributed by atoms with Gasteiger partial charge in [-0.1, -0.05) is 12.7 Å². The van der Waals surface area contributed by atoms with Crippen molar-refractivity contribution in [3.8, 4) is 17.0 Å². The summed E-state index contributed by atoms with van der Waals surface area (Å²) in [5.74, 6) is 0.538. The van der Waals surface area contributed by atoms with Gasteiger partial charge in [-0.2, -0.15) is 0 Å². The molecule has 0 saturated heterocycles. The van der Waals surface area contributed by atoms with E-state index in [1.54, 1.807) is 37.8 Å². The zero-order valence-electron chi connectivity index (χ0n) is 12.3. The number of aromatic nitrogens is 2. The minimum absolute atomic E-state index is 0.140. The first-order valence-corrected chi connectivity index (χ1v) is 6.78. The first kappa shape index (κ1) is 15.7. The van der Waals surface area contributed by atoms with E-state index in [1.165, 1.54) is 6.21 Å². The summed E-state index contributed by atoms with van der Waals surface area (Å²) >= 11 is 0. The van der Waals surface area contributed by atoms with E-state index in [4.69, 9.17) is 4.74 Å². The first-order valence-electron chi connectivity index (χ1n) is 6.78. The molecule has 0 aliphatic carbocycles. The Hall–Kier alpha value is -2.73. The van der Waals surface area contributed by atoms with E-state index in [-0.39, 0.29) is 6.54 Å². The largest absolute Gasteiger partial charge is 0.461 e. The fourth-order valence-corrected chi connectivity index (χ4v) is 1.85. The van der Waals surface area contributed by atoms with Crippen LogP contribution in [0.15, 0.2) is 54.4 Å². The molecule has 1 atom stereocenters. The number of hydrogen-bond donors (Lipinski definition) is 2. The second kappa shape index (κ2) is 7.90. The lowest BCUT2D eigenvalue weighted by Crippen LogP contribution is -2.19. The van der Waals surface area contributed by atoms with Gasteiger partial charge in [0, 0.05) is 31.2 Å². The van der Waals surface area contributed by atoms with Gasteiger partial charge < -0.3 is 15.2 Å². The Kier molecular flexibility index (Phi) is 5.62. The molecule has 0 spiro atoms. The van der Waals surface area contributed by atoms with Gasteiger partial charge in [-0.3, -0.25) is 15.0 Å². The van der Waals surface area contributed by atoms with Crippen LogP contribution in [0.3, 0.4) is 0 Å². The molecule has 1 heterocycles. The number of rotatable bonds is 7. The summed E-state index contributed by atoms with van der Waals surface area (Å²) in [7, 11) is 1.78. The average molecular weight is 298 g/mol. The molecule has 0 fully saturated rings. The van der Waals surface area contributed by atoms with Crippen molar-refractivity contribution in [1.82, 2.24) is 9.97 Å². The molecule has 0 amide bonds. The number of nitrogens with one attached hydrogen (secondary N) is 1. The van der Waals surface area contributed by atoms with Crippen molar-refractivity contribution in [3.63, 3.8) is 0 Å². The molecule has 1 unspecified atom stereocenters. The number of anilines is 1. The van der Waals surface area contributed by atoms with Crippen LogP contribution in [0.5, 0.6) is 5.75 Å². The van der Waals surface area contributed by atoms with E-state index in [0.29, 0.717) is 5.75 Å². The highest BCUT2D eigenvalue weighted by Crippen LogP contribution is 2.30. The minimum atomic E-state index is -1.02. The average Bonchev–Trinajstić information content (AvgIpc) is 2.56. The molecule has 2 N–H and O–H groups in total. The second-order valence-corrected chi connectivity index (χ2v) is 4.37. The Morgan fingerprint density at radius 1 is 1.45 bits per heavy atom. The van der Waals surface area contributed by atoms with Crippen molar-refractivity contribution in [2.45, 2.75) is 6.29 Å². The Labute approximate surface area is 129 Å². The predicted molar refractivity (Wildman–Crippen MR) is 87.2 cm³/mol. The highest BCUT2D eigenvalue weighted by molar-refractivity contribution is 5.70. The van der Waals surface area contributed by atoms with Crippen LogP contribution in [-0.4, -0.2) is 41.2 Å². The maximum absolute atomic E-state index is 9.82. The number of aliphatic imine (C=N–C) groups is 1. The third-order valence-electron chi connectivity index (χ3n) is 2.84. The molecule has 6 nitrogen and oxygen atoms in total. The van der Waals surface area contributed by atoms with Gasteiger partial charge in [0.15, 0.2) is 0 Å². The van der Waals surface area contributed by atoms with Crippen LogP contribution in [-0.2, 0) is 0 Å². The smallest absolute Gasteiger partial charge is 0.217 e.